The van der Waals surface area contributed by atoms with Gasteiger partial charge in [-0.15, -0.1) is 13.2 Å². The van der Waals surface area contributed by atoms with Crippen LogP contribution in [0.1, 0.15) is 18.1 Å². The van der Waals surface area contributed by atoms with E-state index < -0.39 is 24.0 Å². The van der Waals surface area contributed by atoms with Crippen LogP contribution < -0.4 is 4.74 Å². The highest BCUT2D eigenvalue weighted by atomic mass is 79.9. The number of alkyl halides is 3. The monoisotopic (exact) mass is 327 g/mol. The van der Waals surface area contributed by atoms with Gasteiger partial charge in [-0.05, 0) is 33.6 Å². The van der Waals surface area contributed by atoms with Crippen molar-refractivity contribution >= 4 is 20.6 Å². The van der Waals surface area contributed by atoms with Crippen molar-refractivity contribution in [3.05, 3.63) is 29.6 Å². The van der Waals surface area contributed by atoms with Crippen LogP contribution in [-0.4, -0.2) is 11.0 Å². The molecule has 0 bridgehead atoms. The second-order valence-corrected chi connectivity index (χ2v) is 4.42. The van der Waals surface area contributed by atoms with E-state index >= 15 is 0 Å². The molecule has 1 aliphatic heterocycles. The van der Waals surface area contributed by atoms with Crippen LogP contribution in [0.3, 0.4) is 0 Å². The summed E-state index contributed by atoms with van der Waals surface area (Å²) in [5.41, 5.74) is 0.389. The van der Waals surface area contributed by atoms with Gasteiger partial charge in [0.05, 0.1) is 0 Å². The molecular formula is C10H6BrF4NO2. The van der Waals surface area contributed by atoms with Crippen LogP contribution in [0.15, 0.2) is 23.4 Å². The first kappa shape index (κ1) is 13.1. The van der Waals surface area contributed by atoms with Crippen LogP contribution in [0.25, 0.3) is 0 Å². The first-order chi connectivity index (χ1) is 8.35. The lowest BCUT2D eigenvalue weighted by Crippen LogP contribution is -2.18. The van der Waals surface area contributed by atoms with E-state index in [9.17, 15) is 17.6 Å². The molecule has 2 rings (SSSR count). The number of benzene rings is 1. The van der Waals surface area contributed by atoms with E-state index in [0.29, 0.717) is 16.6 Å². The van der Waals surface area contributed by atoms with E-state index in [1.165, 1.54) is 6.07 Å². The van der Waals surface area contributed by atoms with Crippen LogP contribution in [0.2, 0.25) is 0 Å². The Bertz CT molecular complexity index is 489. The molecule has 0 fully saturated rings. The van der Waals surface area contributed by atoms with Crippen LogP contribution in [0.4, 0.5) is 17.6 Å². The third-order valence-electron chi connectivity index (χ3n) is 2.19. The second-order valence-electron chi connectivity index (χ2n) is 3.50. The highest BCUT2D eigenvalue weighted by molar-refractivity contribution is 9.18. The first-order valence-corrected chi connectivity index (χ1v) is 5.58. The summed E-state index contributed by atoms with van der Waals surface area (Å²) in [4.78, 5) is 4.96. The quantitative estimate of drug-likeness (QED) is 0.771. The Balaban J connectivity index is 2.15. The average molecular weight is 328 g/mol. The molecule has 3 nitrogen and oxygen atoms in total. The zero-order valence-corrected chi connectivity index (χ0v) is 10.3. The third-order valence-corrected chi connectivity index (χ3v) is 2.65. The van der Waals surface area contributed by atoms with Crippen LogP contribution in [0.5, 0.6) is 5.75 Å². The van der Waals surface area contributed by atoms with Gasteiger partial charge in [-0.25, -0.2) is 4.39 Å². The van der Waals surface area contributed by atoms with Gasteiger partial charge in [0.15, 0.2) is 17.7 Å². The number of ether oxygens (including phenoxy) is 1. The number of halogens is 5. The highest BCUT2D eigenvalue weighted by Crippen LogP contribution is 2.32. The van der Waals surface area contributed by atoms with Crippen molar-refractivity contribution in [2.24, 2.45) is 5.16 Å². The summed E-state index contributed by atoms with van der Waals surface area (Å²) < 4.78 is 53.3. The Labute approximate surface area is 107 Å². The Morgan fingerprint density at radius 3 is 2.61 bits per heavy atom. The van der Waals surface area contributed by atoms with E-state index in [1.54, 1.807) is 0 Å². The lowest BCUT2D eigenvalue weighted by atomic mass is 10.1. The van der Waals surface area contributed by atoms with Gasteiger partial charge in [0.25, 0.3) is 0 Å². The maximum atomic E-state index is 13.4. The zero-order valence-electron chi connectivity index (χ0n) is 8.67. The molecule has 1 aromatic rings. The fourth-order valence-electron chi connectivity index (χ4n) is 1.45. The molecule has 1 aromatic carbocycles. The van der Waals surface area contributed by atoms with Gasteiger partial charge >= 0.3 is 6.36 Å². The van der Waals surface area contributed by atoms with Crippen molar-refractivity contribution in [2.75, 3.05) is 0 Å². The molecule has 0 aliphatic carbocycles. The number of rotatable bonds is 2. The van der Waals surface area contributed by atoms with Crippen molar-refractivity contribution in [1.29, 1.82) is 0 Å². The summed E-state index contributed by atoms with van der Waals surface area (Å²) in [5, 5.41) is 3.61. The Hall–Kier alpha value is -1.31. The molecule has 98 valence electrons. The SMILES string of the molecule is Fc1cc([C@H]2CC(Br)=NO2)ccc1OC(F)(F)F. The summed E-state index contributed by atoms with van der Waals surface area (Å²) in [6.45, 7) is 0. The molecule has 0 unspecified atom stereocenters. The van der Waals surface area contributed by atoms with E-state index in [4.69, 9.17) is 4.84 Å². The maximum Gasteiger partial charge on any atom is 0.573 e. The molecule has 0 radical (unpaired) electrons. The molecule has 1 heterocycles. The minimum absolute atomic E-state index is 0.389. The summed E-state index contributed by atoms with van der Waals surface area (Å²) in [5.74, 6) is -1.97. The Morgan fingerprint density at radius 2 is 2.11 bits per heavy atom. The lowest BCUT2D eigenvalue weighted by molar-refractivity contribution is -0.275. The van der Waals surface area contributed by atoms with Gasteiger partial charge in [0, 0.05) is 6.42 Å². The molecule has 0 N–H and O–H groups in total. The number of hydrogen-bond donors (Lipinski definition) is 0. The highest BCUT2D eigenvalue weighted by Gasteiger charge is 2.32. The minimum Gasteiger partial charge on any atom is -0.403 e. The van der Waals surface area contributed by atoms with Crippen molar-refractivity contribution < 1.29 is 27.1 Å². The minimum atomic E-state index is -4.92. The van der Waals surface area contributed by atoms with Crippen molar-refractivity contribution in [3.8, 4) is 5.75 Å². The third kappa shape index (κ3) is 3.12. The summed E-state index contributed by atoms with van der Waals surface area (Å²) in [6, 6.07) is 3.15. The molecule has 0 saturated heterocycles. The summed E-state index contributed by atoms with van der Waals surface area (Å²) in [7, 11) is 0. The molecule has 1 aliphatic rings. The van der Waals surface area contributed by atoms with E-state index in [2.05, 4.69) is 25.8 Å². The van der Waals surface area contributed by atoms with Crippen molar-refractivity contribution in [2.45, 2.75) is 18.9 Å². The topological polar surface area (TPSA) is 30.8 Å². The van der Waals surface area contributed by atoms with Crippen molar-refractivity contribution in [3.63, 3.8) is 0 Å². The van der Waals surface area contributed by atoms with Gasteiger partial charge < -0.3 is 9.57 Å². The van der Waals surface area contributed by atoms with Crippen molar-refractivity contribution in [1.82, 2.24) is 0 Å². The predicted octanol–water partition coefficient (Wildman–Crippen LogP) is 3.89. The van der Waals surface area contributed by atoms with E-state index in [0.717, 1.165) is 12.1 Å². The lowest BCUT2D eigenvalue weighted by Gasteiger charge is -2.12. The van der Waals surface area contributed by atoms with Crippen LogP contribution in [0, 0.1) is 5.82 Å². The largest absolute Gasteiger partial charge is 0.573 e. The smallest absolute Gasteiger partial charge is 0.403 e. The average Bonchev–Trinajstić information content (AvgIpc) is 2.66. The maximum absolute atomic E-state index is 13.4. The van der Waals surface area contributed by atoms with Gasteiger partial charge in [0.1, 0.15) is 4.62 Å². The molecule has 1 atom stereocenters. The molecule has 8 heteroatoms. The summed E-state index contributed by atoms with van der Waals surface area (Å²) in [6.07, 6.45) is -5.02. The first-order valence-electron chi connectivity index (χ1n) is 4.78. The van der Waals surface area contributed by atoms with Crippen LogP contribution >= 0.6 is 15.9 Å². The fourth-order valence-corrected chi connectivity index (χ4v) is 1.83. The molecule has 0 saturated carbocycles. The number of nitrogens with zero attached hydrogens (tertiary/aromatic N) is 1. The number of oxime groups is 1. The van der Waals surface area contributed by atoms with E-state index in [1.807, 2.05) is 0 Å². The van der Waals surface area contributed by atoms with Gasteiger partial charge in [-0.3, -0.25) is 0 Å². The normalized spacial score (nSPS) is 19.4. The van der Waals surface area contributed by atoms with Gasteiger partial charge in [-0.1, -0.05) is 11.2 Å². The van der Waals surface area contributed by atoms with E-state index in [-0.39, 0.29) is 0 Å². The fraction of sp³-hybridized carbons (Fsp3) is 0.300. The Kier molecular flexibility index (Phi) is 3.47. The zero-order chi connectivity index (χ0) is 13.3. The molecule has 18 heavy (non-hydrogen) atoms. The molecular weight excluding hydrogens is 322 g/mol. The molecule has 0 amide bonds. The van der Waals surface area contributed by atoms with Gasteiger partial charge in [-0.2, -0.15) is 0 Å². The Morgan fingerprint density at radius 1 is 1.39 bits per heavy atom. The molecule has 0 spiro atoms. The number of hydrogen-bond acceptors (Lipinski definition) is 3. The van der Waals surface area contributed by atoms with Crippen LogP contribution in [-0.2, 0) is 4.84 Å². The standard InChI is InChI=1S/C10H6BrF4NO2/c11-9-4-8(18-16-9)5-1-2-7(6(12)3-5)17-10(13,14)15/h1-3,8H,4H2/t8-/m1/s1. The predicted molar refractivity (Wildman–Crippen MR) is 57.9 cm³/mol. The second kappa shape index (κ2) is 4.75. The molecule has 0 aromatic heterocycles. The summed E-state index contributed by atoms with van der Waals surface area (Å²) >= 11 is 3.11. The van der Waals surface area contributed by atoms with Gasteiger partial charge in [0.2, 0.25) is 0 Å².